The predicted octanol–water partition coefficient (Wildman–Crippen LogP) is 4.88. The van der Waals surface area contributed by atoms with Gasteiger partial charge in [-0.05, 0) is 80.8 Å². The monoisotopic (exact) mass is 466 g/mol. The Morgan fingerprint density at radius 1 is 1.33 bits per heavy atom. The molecule has 2 atom stereocenters. The van der Waals surface area contributed by atoms with Crippen LogP contribution in [0.25, 0.3) is 0 Å². The summed E-state index contributed by atoms with van der Waals surface area (Å²) < 4.78 is 6.06. The molecule has 174 valence electrons. The summed E-state index contributed by atoms with van der Waals surface area (Å²) in [5.74, 6) is 1.00. The summed E-state index contributed by atoms with van der Waals surface area (Å²) in [4.78, 5) is 17.7. The number of aryl methyl sites for hydroxylation is 1. The first kappa shape index (κ1) is 23.1. The summed E-state index contributed by atoms with van der Waals surface area (Å²) in [6, 6.07) is 13.0. The number of ketones is 1. The lowest BCUT2D eigenvalue weighted by molar-refractivity contribution is 0.104. The van der Waals surface area contributed by atoms with E-state index in [2.05, 4.69) is 22.5 Å². The Balaban J connectivity index is 1.43. The van der Waals surface area contributed by atoms with Crippen LogP contribution in [-0.2, 0) is 6.42 Å². The molecule has 7 nitrogen and oxygen atoms in total. The molecule has 33 heavy (non-hydrogen) atoms. The summed E-state index contributed by atoms with van der Waals surface area (Å²) in [6.07, 6.45) is 4.01. The van der Waals surface area contributed by atoms with Crippen LogP contribution in [0.5, 0.6) is 11.5 Å². The predicted molar refractivity (Wildman–Crippen MR) is 133 cm³/mol. The maximum atomic E-state index is 13.0. The van der Waals surface area contributed by atoms with Crippen molar-refractivity contribution in [3.63, 3.8) is 0 Å². The minimum absolute atomic E-state index is 0.108. The Labute approximate surface area is 198 Å². The second-order valence-electron chi connectivity index (χ2n) is 8.33. The molecule has 1 aromatic heterocycles. The van der Waals surface area contributed by atoms with Crippen molar-refractivity contribution in [1.29, 1.82) is 0 Å². The molecule has 1 aliphatic heterocycles. The average molecular weight is 467 g/mol. The number of hydrogen-bond donors (Lipinski definition) is 4. The number of nitrogens with two attached hydrogens (primary N) is 1. The van der Waals surface area contributed by atoms with Gasteiger partial charge in [-0.3, -0.25) is 4.79 Å². The Hall–Kier alpha value is -3.10. The lowest BCUT2D eigenvalue weighted by Gasteiger charge is -2.21. The number of rotatable bonds is 9. The van der Waals surface area contributed by atoms with E-state index in [9.17, 15) is 9.90 Å². The number of benzene rings is 2. The van der Waals surface area contributed by atoms with Crippen molar-refractivity contribution in [3.8, 4) is 11.5 Å². The van der Waals surface area contributed by atoms with Gasteiger partial charge >= 0.3 is 0 Å². The van der Waals surface area contributed by atoms with Crippen molar-refractivity contribution in [2.45, 2.75) is 51.7 Å². The highest BCUT2D eigenvalue weighted by atomic mass is 32.1. The van der Waals surface area contributed by atoms with E-state index in [1.807, 2.05) is 31.2 Å². The summed E-state index contributed by atoms with van der Waals surface area (Å²) in [5, 5.41) is 17.2. The molecule has 2 heterocycles. The second kappa shape index (κ2) is 10.2. The number of carbonyl (C=O) groups is 1. The molecule has 1 fully saturated rings. The van der Waals surface area contributed by atoms with Crippen LogP contribution < -0.4 is 21.1 Å². The van der Waals surface area contributed by atoms with Gasteiger partial charge in [0.25, 0.3) is 0 Å². The first-order chi connectivity index (χ1) is 15.9. The number of nitrogen functional groups attached to an aromatic ring is 1. The fraction of sp³-hybridized carbons (Fsp3) is 0.360. The van der Waals surface area contributed by atoms with E-state index in [-0.39, 0.29) is 23.5 Å². The van der Waals surface area contributed by atoms with Crippen molar-refractivity contribution in [2.75, 3.05) is 17.6 Å². The van der Waals surface area contributed by atoms with Gasteiger partial charge in [0.15, 0.2) is 5.13 Å². The first-order valence-corrected chi connectivity index (χ1v) is 12.2. The lowest BCUT2D eigenvalue weighted by atomic mass is 10.0. The molecule has 0 saturated carbocycles. The fourth-order valence-electron chi connectivity index (χ4n) is 4.02. The summed E-state index contributed by atoms with van der Waals surface area (Å²) in [5.41, 5.74) is 8.14. The fourth-order valence-corrected chi connectivity index (χ4v) is 4.89. The highest BCUT2D eigenvalue weighted by molar-refractivity contribution is 7.18. The number of aromatic nitrogens is 1. The topological polar surface area (TPSA) is 110 Å². The van der Waals surface area contributed by atoms with Crippen molar-refractivity contribution in [2.24, 2.45) is 0 Å². The number of hydrogen-bond acceptors (Lipinski definition) is 8. The molecule has 8 heteroatoms. The standard InChI is InChI=1S/C25H30N4O3S/c1-3-5-16-14-17(7-12-21(16)30)22(31)23-24(26)29-25(33-23)28-18-8-10-19(11-9-18)32-15(2)20-6-4-13-27-20/h7-12,14-15,20,27,30H,3-6,13,26H2,1-2H3,(H,28,29). The summed E-state index contributed by atoms with van der Waals surface area (Å²) in [7, 11) is 0. The van der Waals surface area contributed by atoms with Crippen LogP contribution in [0.3, 0.4) is 0 Å². The van der Waals surface area contributed by atoms with E-state index in [0.717, 1.165) is 36.4 Å². The number of carbonyl (C=O) groups excluding carboxylic acids is 1. The molecule has 5 N–H and O–H groups in total. The van der Waals surface area contributed by atoms with Crippen LogP contribution in [0.1, 0.15) is 53.9 Å². The molecule has 1 aliphatic rings. The Morgan fingerprint density at radius 3 is 2.82 bits per heavy atom. The van der Waals surface area contributed by atoms with Gasteiger partial charge in [-0.1, -0.05) is 24.7 Å². The molecule has 0 amide bonds. The van der Waals surface area contributed by atoms with Crippen molar-refractivity contribution >= 4 is 33.8 Å². The molecular formula is C25H30N4O3S. The van der Waals surface area contributed by atoms with Crippen molar-refractivity contribution in [1.82, 2.24) is 10.3 Å². The van der Waals surface area contributed by atoms with E-state index in [4.69, 9.17) is 10.5 Å². The van der Waals surface area contributed by atoms with Crippen LogP contribution in [0, 0.1) is 0 Å². The maximum Gasteiger partial charge on any atom is 0.206 e. The first-order valence-electron chi connectivity index (χ1n) is 11.3. The third kappa shape index (κ3) is 5.46. The molecular weight excluding hydrogens is 436 g/mol. The molecule has 2 aromatic carbocycles. The zero-order chi connectivity index (χ0) is 23.4. The van der Waals surface area contributed by atoms with E-state index < -0.39 is 0 Å². The third-order valence-corrected chi connectivity index (χ3v) is 6.80. The molecule has 2 unspecified atom stereocenters. The van der Waals surface area contributed by atoms with Gasteiger partial charge in [-0.15, -0.1) is 0 Å². The normalized spacial score (nSPS) is 16.5. The minimum atomic E-state index is -0.200. The smallest absolute Gasteiger partial charge is 0.206 e. The van der Waals surface area contributed by atoms with Crippen LogP contribution in [-0.4, -0.2) is 34.6 Å². The van der Waals surface area contributed by atoms with Crippen LogP contribution in [0.2, 0.25) is 0 Å². The number of phenolic OH excluding ortho intramolecular Hbond substituents is 1. The Morgan fingerprint density at radius 2 is 2.12 bits per heavy atom. The molecule has 4 rings (SSSR count). The van der Waals surface area contributed by atoms with Crippen molar-refractivity contribution < 1.29 is 14.6 Å². The number of phenols is 1. The summed E-state index contributed by atoms with van der Waals surface area (Å²) >= 11 is 1.21. The van der Waals surface area contributed by atoms with Crippen LogP contribution >= 0.6 is 11.3 Å². The number of thiazole rings is 1. The van der Waals surface area contributed by atoms with Gasteiger partial charge in [-0.25, -0.2) is 4.98 Å². The minimum Gasteiger partial charge on any atom is -0.508 e. The Bertz CT molecular complexity index is 1110. The quantitative estimate of drug-likeness (QED) is 0.333. The van der Waals surface area contributed by atoms with Crippen molar-refractivity contribution in [3.05, 3.63) is 58.5 Å². The highest BCUT2D eigenvalue weighted by Gasteiger charge is 2.22. The molecule has 1 saturated heterocycles. The lowest BCUT2D eigenvalue weighted by Crippen LogP contribution is -2.36. The molecule has 0 aliphatic carbocycles. The van der Waals surface area contributed by atoms with E-state index in [1.54, 1.807) is 18.2 Å². The van der Waals surface area contributed by atoms with Gasteiger partial charge in [0, 0.05) is 17.3 Å². The number of aromatic hydroxyl groups is 1. The van der Waals surface area contributed by atoms with Gasteiger partial charge < -0.3 is 26.2 Å². The molecule has 0 radical (unpaired) electrons. The second-order valence-corrected chi connectivity index (χ2v) is 9.33. The zero-order valence-corrected chi connectivity index (χ0v) is 19.7. The summed E-state index contributed by atoms with van der Waals surface area (Å²) in [6.45, 7) is 5.17. The number of ether oxygens (including phenoxy) is 1. The number of nitrogens with one attached hydrogen (secondary N) is 2. The number of nitrogens with zero attached hydrogens (tertiary/aromatic N) is 1. The average Bonchev–Trinajstić information content (AvgIpc) is 3.46. The van der Waals surface area contributed by atoms with Gasteiger partial charge in [-0.2, -0.15) is 0 Å². The van der Waals surface area contributed by atoms with Gasteiger partial charge in [0.05, 0.1) is 0 Å². The molecule has 3 aromatic rings. The van der Waals surface area contributed by atoms with E-state index in [1.165, 1.54) is 17.8 Å². The largest absolute Gasteiger partial charge is 0.508 e. The SMILES string of the molecule is CCCc1cc(C(=O)c2sc(Nc3ccc(OC(C)C4CCCN4)cc3)nc2N)ccc1O. The van der Waals surface area contributed by atoms with Crippen LogP contribution in [0.4, 0.5) is 16.6 Å². The molecule has 0 spiro atoms. The van der Waals surface area contributed by atoms with Gasteiger partial charge in [0.1, 0.15) is 28.3 Å². The Kier molecular flexibility index (Phi) is 7.15. The van der Waals surface area contributed by atoms with E-state index in [0.29, 0.717) is 28.0 Å². The highest BCUT2D eigenvalue weighted by Crippen LogP contribution is 2.31. The van der Waals surface area contributed by atoms with Crippen LogP contribution in [0.15, 0.2) is 42.5 Å². The number of anilines is 3. The van der Waals surface area contributed by atoms with Gasteiger partial charge in [0.2, 0.25) is 5.78 Å². The molecule has 0 bridgehead atoms. The zero-order valence-electron chi connectivity index (χ0n) is 18.9. The third-order valence-electron chi connectivity index (χ3n) is 5.81. The maximum absolute atomic E-state index is 13.0. The van der Waals surface area contributed by atoms with E-state index >= 15 is 0 Å².